The van der Waals surface area contributed by atoms with Crippen molar-refractivity contribution in [3.05, 3.63) is 23.9 Å². The Labute approximate surface area is 115 Å². The minimum Gasteiger partial charge on any atom is -0.373 e. The van der Waals surface area contributed by atoms with Gasteiger partial charge in [0.05, 0.1) is 0 Å². The molecule has 2 N–H and O–H groups in total. The number of pyridine rings is 1. The van der Waals surface area contributed by atoms with E-state index in [-0.39, 0.29) is 5.91 Å². The third-order valence-electron chi connectivity index (χ3n) is 4.21. The van der Waals surface area contributed by atoms with Crippen molar-refractivity contribution < 1.29 is 4.79 Å². The molecule has 1 aliphatic rings. The molecule has 0 aliphatic heterocycles. The highest BCUT2D eigenvalue weighted by Crippen LogP contribution is 2.29. The van der Waals surface area contributed by atoms with Crippen LogP contribution in [0.4, 0.5) is 5.82 Å². The van der Waals surface area contributed by atoms with Gasteiger partial charge in [0.25, 0.3) is 5.91 Å². The topological polar surface area (TPSA) is 54.0 Å². The Morgan fingerprint density at radius 1 is 1.32 bits per heavy atom. The molecule has 0 bridgehead atoms. The molecular weight excluding hydrogens is 238 g/mol. The van der Waals surface area contributed by atoms with Crippen molar-refractivity contribution in [1.29, 1.82) is 0 Å². The summed E-state index contributed by atoms with van der Waals surface area (Å²) in [6.45, 7) is 4.57. The zero-order valence-electron chi connectivity index (χ0n) is 11.9. The highest BCUT2D eigenvalue weighted by molar-refractivity contribution is 5.94. The fraction of sp³-hybridized carbons (Fsp3) is 0.600. The summed E-state index contributed by atoms with van der Waals surface area (Å²) < 4.78 is 0. The summed E-state index contributed by atoms with van der Waals surface area (Å²) in [6.07, 6.45) is 5.02. The summed E-state index contributed by atoms with van der Waals surface area (Å²) in [7, 11) is 1.80. The van der Waals surface area contributed by atoms with Gasteiger partial charge in [-0.1, -0.05) is 13.8 Å². The molecule has 104 valence electrons. The van der Waals surface area contributed by atoms with Gasteiger partial charge < -0.3 is 10.6 Å². The van der Waals surface area contributed by atoms with Gasteiger partial charge in [0.15, 0.2) is 0 Å². The quantitative estimate of drug-likeness (QED) is 0.879. The highest BCUT2D eigenvalue weighted by Gasteiger charge is 2.25. The second-order valence-electron chi connectivity index (χ2n) is 5.62. The molecule has 0 spiro atoms. The molecule has 2 rings (SSSR count). The Morgan fingerprint density at radius 3 is 2.79 bits per heavy atom. The number of carbonyl (C=O) groups excluding carboxylic acids is 1. The second kappa shape index (κ2) is 6.04. The molecule has 0 saturated heterocycles. The lowest BCUT2D eigenvalue weighted by atomic mass is 9.79. The smallest absolute Gasteiger partial charge is 0.251 e. The number of hydrogen-bond acceptors (Lipinski definition) is 3. The molecule has 1 aliphatic carbocycles. The molecule has 0 radical (unpaired) electrons. The van der Waals surface area contributed by atoms with Crippen molar-refractivity contribution >= 4 is 11.7 Å². The van der Waals surface area contributed by atoms with Crippen LogP contribution in [0.15, 0.2) is 18.3 Å². The number of nitrogens with one attached hydrogen (secondary N) is 2. The number of carbonyl (C=O) groups is 1. The number of anilines is 1. The van der Waals surface area contributed by atoms with Crippen LogP contribution in [0, 0.1) is 11.8 Å². The largest absolute Gasteiger partial charge is 0.373 e. The van der Waals surface area contributed by atoms with E-state index in [0.29, 0.717) is 17.5 Å². The van der Waals surface area contributed by atoms with Gasteiger partial charge in [-0.2, -0.15) is 0 Å². The maximum Gasteiger partial charge on any atom is 0.251 e. The van der Waals surface area contributed by atoms with Gasteiger partial charge >= 0.3 is 0 Å². The van der Waals surface area contributed by atoms with Gasteiger partial charge in [-0.3, -0.25) is 4.79 Å². The summed E-state index contributed by atoms with van der Waals surface area (Å²) >= 11 is 0. The predicted octanol–water partition coefficient (Wildman–Crippen LogP) is 2.68. The first-order valence-electron chi connectivity index (χ1n) is 7.04. The molecule has 3 atom stereocenters. The van der Waals surface area contributed by atoms with Crippen LogP contribution in [0.25, 0.3) is 0 Å². The summed E-state index contributed by atoms with van der Waals surface area (Å²) in [5.41, 5.74) is 0.672. The Morgan fingerprint density at radius 2 is 2.11 bits per heavy atom. The highest BCUT2D eigenvalue weighted by atomic mass is 16.1. The van der Waals surface area contributed by atoms with E-state index < -0.39 is 0 Å². The molecule has 1 fully saturated rings. The Bertz CT molecular complexity index is 447. The summed E-state index contributed by atoms with van der Waals surface area (Å²) in [4.78, 5) is 16.3. The van der Waals surface area contributed by atoms with Crippen LogP contribution in [0.3, 0.4) is 0 Å². The van der Waals surface area contributed by atoms with Gasteiger partial charge in [-0.05, 0) is 43.2 Å². The number of nitrogens with zero attached hydrogens (tertiary/aromatic N) is 1. The first-order valence-corrected chi connectivity index (χ1v) is 7.04. The standard InChI is InChI=1S/C15H23N3O/c1-10-4-5-13(8-11(10)2)18-15(19)12-6-7-17-14(9-12)16-3/h6-7,9-11,13H,4-5,8H2,1-3H3,(H,16,17)(H,18,19). The van der Waals surface area contributed by atoms with E-state index in [0.717, 1.165) is 24.6 Å². The first kappa shape index (κ1) is 13.8. The summed E-state index contributed by atoms with van der Waals surface area (Å²) in [5, 5.41) is 6.09. The molecular formula is C15H23N3O. The normalized spacial score (nSPS) is 26.8. The van der Waals surface area contributed by atoms with Crippen LogP contribution >= 0.6 is 0 Å². The Balaban J connectivity index is 1.97. The molecule has 1 aromatic heterocycles. The monoisotopic (exact) mass is 261 g/mol. The molecule has 1 amide bonds. The number of hydrogen-bond donors (Lipinski definition) is 2. The molecule has 4 heteroatoms. The summed E-state index contributed by atoms with van der Waals surface area (Å²) in [6, 6.07) is 3.85. The van der Waals surface area contributed by atoms with Gasteiger partial charge in [-0.25, -0.2) is 4.98 Å². The fourth-order valence-corrected chi connectivity index (χ4v) is 2.66. The van der Waals surface area contributed by atoms with E-state index >= 15 is 0 Å². The van der Waals surface area contributed by atoms with Crippen molar-refractivity contribution in [1.82, 2.24) is 10.3 Å². The maximum atomic E-state index is 12.2. The maximum absolute atomic E-state index is 12.2. The van der Waals surface area contributed by atoms with Gasteiger partial charge in [-0.15, -0.1) is 0 Å². The zero-order chi connectivity index (χ0) is 13.8. The zero-order valence-corrected chi connectivity index (χ0v) is 11.9. The van der Waals surface area contributed by atoms with Gasteiger partial charge in [0.2, 0.25) is 0 Å². The molecule has 0 aromatic carbocycles. The van der Waals surface area contributed by atoms with Crippen molar-refractivity contribution in [2.75, 3.05) is 12.4 Å². The average molecular weight is 261 g/mol. The Kier molecular flexibility index (Phi) is 4.40. The van der Waals surface area contributed by atoms with Crippen LogP contribution in [0.1, 0.15) is 43.5 Å². The minimum absolute atomic E-state index is 0.00523. The van der Waals surface area contributed by atoms with Crippen molar-refractivity contribution in [3.63, 3.8) is 0 Å². The van der Waals surface area contributed by atoms with Gasteiger partial charge in [0, 0.05) is 24.8 Å². The van der Waals surface area contributed by atoms with Crippen LogP contribution in [-0.2, 0) is 0 Å². The third kappa shape index (κ3) is 3.46. The lowest BCUT2D eigenvalue weighted by Gasteiger charge is -2.32. The van der Waals surface area contributed by atoms with Crippen molar-refractivity contribution in [2.24, 2.45) is 11.8 Å². The fourth-order valence-electron chi connectivity index (χ4n) is 2.66. The molecule has 19 heavy (non-hydrogen) atoms. The number of aromatic nitrogens is 1. The van der Waals surface area contributed by atoms with E-state index in [1.54, 1.807) is 25.4 Å². The van der Waals surface area contributed by atoms with E-state index in [1.165, 1.54) is 6.42 Å². The van der Waals surface area contributed by atoms with Crippen LogP contribution < -0.4 is 10.6 Å². The molecule has 1 aromatic rings. The van der Waals surface area contributed by atoms with E-state index in [4.69, 9.17) is 0 Å². The number of rotatable bonds is 3. The molecule has 3 unspecified atom stereocenters. The SMILES string of the molecule is CNc1cc(C(=O)NC2CCC(C)C(C)C2)ccn1. The Hall–Kier alpha value is -1.58. The van der Waals surface area contributed by atoms with Crippen molar-refractivity contribution in [2.45, 2.75) is 39.2 Å². The lowest BCUT2D eigenvalue weighted by molar-refractivity contribution is 0.0910. The average Bonchev–Trinajstić information content (AvgIpc) is 2.43. The predicted molar refractivity (Wildman–Crippen MR) is 77.2 cm³/mol. The summed E-state index contributed by atoms with van der Waals surface area (Å²) in [5.74, 6) is 2.18. The molecule has 1 heterocycles. The van der Waals surface area contributed by atoms with Gasteiger partial charge in [0.1, 0.15) is 5.82 Å². The van der Waals surface area contributed by atoms with E-state index in [2.05, 4.69) is 29.5 Å². The van der Waals surface area contributed by atoms with Crippen LogP contribution in [0.5, 0.6) is 0 Å². The van der Waals surface area contributed by atoms with E-state index in [1.807, 2.05) is 0 Å². The second-order valence-corrected chi connectivity index (χ2v) is 5.62. The minimum atomic E-state index is 0.00523. The van der Waals surface area contributed by atoms with Crippen LogP contribution in [-0.4, -0.2) is 24.0 Å². The van der Waals surface area contributed by atoms with Crippen LogP contribution in [0.2, 0.25) is 0 Å². The lowest BCUT2D eigenvalue weighted by Crippen LogP contribution is -2.39. The molecule has 4 nitrogen and oxygen atoms in total. The number of amides is 1. The molecule has 1 saturated carbocycles. The van der Waals surface area contributed by atoms with E-state index in [9.17, 15) is 4.79 Å². The third-order valence-corrected chi connectivity index (χ3v) is 4.21. The van der Waals surface area contributed by atoms with Crippen molar-refractivity contribution in [3.8, 4) is 0 Å². The first-order chi connectivity index (χ1) is 9.10.